The highest BCUT2D eigenvalue weighted by molar-refractivity contribution is 7.13. The first-order chi connectivity index (χ1) is 9.36. The van der Waals surface area contributed by atoms with Crippen LogP contribution in [-0.2, 0) is 0 Å². The van der Waals surface area contributed by atoms with E-state index in [-0.39, 0.29) is 0 Å². The van der Waals surface area contributed by atoms with Gasteiger partial charge in [0.25, 0.3) is 0 Å². The summed E-state index contributed by atoms with van der Waals surface area (Å²) in [6.45, 7) is 3.60. The van der Waals surface area contributed by atoms with Crippen LogP contribution in [0.2, 0.25) is 0 Å². The number of rotatable bonds is 2. The lowest BCUT2D eigenvalue weighted by Gasteiger charge is -2.27. The molecule has 0 radical (unpaired) electrons. The maximum Gasteiger partial charge on any atom is 0.227 e. The smallest absolute Gasteiger partial charge is 0.227 e. The van der Waals surface area contributed by atoms with Gasteiger partial charge in [-0.1, -0.05) is 6.07 Å². The fraction of sp³-hybridized carbons (Fsp3) is 0.308. The van der Waals surface area contributed by atoms with Gasteiger partial charge in [-0.25, -0.2) is 9.97 Å². The highest BCUT2D eigenvalue weighted by Gasteiger charge is 2.15. The van der Waals surface area contributed by atoms with Crippen molar-refractivity contribution >= 4 is 17.3 Å². The Hall–Kier alpha value is -1.97. The second-order valence-electron chi connectivity index (χ2n) is 4.26. The van der Waals surface area contributed by atoms with Crippen molar-refractivity contribution in [1.82, 2.24) is 15.3 Å². The first kappa shape index (κ1) is 12.1. The van der Waals surface area contributed by atoms with E-state index in [1.54, 1.807) is 17.4 Å². The van der Waals surface area contributed by atoms with Crippen molar-refractivity contribution in [2.75, 3.05) is 31.1 Å². The second kappa shape index (κ2) is 5.34. The van der Waals surface area contributed by atoms with Crippen molar-refractivity contribution in [3.05, 3.63) is 29.3 Å². The lowest BCUT2D eigenvalue weighted by molar-refractivity contribution is 0.580. The summed E-state index contributed by atoms with van der Waals surface area (Å²) in [5.41, 5.74) is 1.25. The Labute approximate surface area is 115 Å². The van der Waals surface area contributed by atoms with E-state index in [4.69, 9.17) is 5.26 Å². The SMILES string of the molecule is N#Cc1cc(-c2cccs2)nc(N2CCNCC2)n1. The van der Waals surface area contributed by atoms with Crippen LogP contribution in [0.15, 0.2) is 23.6 Å². The van der Waals surface area contributed by atoms with Gasteiger partial charge in [-0.2, -0.15) is 5.26 Å². The van der Waals surface area contributed by atoms with Gasteiger partial charge < -0.3 is 10.2 Å². The Morgan fingerprint density at radius 3 is 2.84 bits per heavy atom. The average Bonchev–Trinajstić information content (AvgIpc) is 3.02. The van der Waals surface area contributed by atoms with Gasteiger partial charge in [0.15, 0.2) is 0 Å². The predicted molar refractivity (Wildman–Crippen MR) is 75.1 cm³/mol. The van der Waals surface area contributed by atoms with E-state index < -0.39 is 0 Å². The molecule has 3 rings (SSSR count). The van der Waals surface area contributed by atoms with E-state index in [0.29, 0.717) is 11.6 Å². The Morgan fingerprint density at radius 1 is 1.32 bits per heavy atom. The zero-order chi connectivity index (χ0) is 13.1. The fourth-order valence-corrected chi connectivity index (χ4v) is 2.73. The third-order valence-corrected chi connectivity index (χ3v) is 3.89. The molecule has 0 spiro atoms. The van der Waals surface area contributed by atoms with Gasteiger partial charge in [0.1, 0.15) is 11.8 Å². The third-order valence-electron chi connectivity index (χ3n) is 3.00. The van der Waals surface area contributed by atoms with Crippen LogP contribution in [0.1, 0.15) is 5.69 Å². The second-order valence-corrected chi connectivity index (χ2v) is 5.21. The molecule has 1 fully saturated rings. The van der Waals surface area contributed by atoms with Crippen LogP contribution < -0.4 is 10.2 Å². The van der Waals surface area contributed by atoms with Gasteiger partial charge >= 0.3 is 0 Å². The molecule has 1 aliphatic heterocycles. The average molecular weight is 271 g/mol. The largest absolute Gasteiger partial charge is 0.338 e. The molecule has 1 saturated heterocycles. The highest BCUT2D eigenvalue weighted by atomic mass is 32.1. The van der Waals surface area contributed by atoms with Crippen molar-refractivity contribution in [1.29, 1.82) is 5.26 Å². The highest BCUT2D eigenvalue weighted by Crippen LogP contribution is 2.25. The Kier molecular flexibility index (Phi) is 3.40. The molecule has 0 amide bonds. The summed E-state index contributed by atoms with van der Waals surface area (Å²) in [5.74, 6) is 0.656. The first-order valence-electron chi connectivity index (χ1n) is 6.15. The normalized spacial score (nSPS) is 15.2. The monoisotopic (exact) mass is 271 g/mol. The van der Waals surface area contributed by atoms with Gasteiger partial charge in [-0.15, -0.1) is 11.3 Å². The van der Waals surface area contributed by atoms with E-state index in [0.717, 1.165) is 36.8 Å². The molecule has 6 heteroatoms. The minimum absolute atomic E-state index is 0.423. The molecule has 2 aromatic heterocycles. The Morgan fingerprint density at radius 2 is 2.16 bits per heavy atom. The van der Waals surface area contributed by atoms with Gasteiger partial charge in [0.05, 0.1) is 10.6 Å². The molecule has 3 heterocycles. The third kappa shape index (κ3) is 2.57. The zero-order valence-electron chi connectivity index (χ0n) is 10.3. The molecule has 0 bridgehead atoms. The van der Waals surface area contributed by atoms with Crippen molar-refractivity contribution in [2.24, 2.45) is 0 Å². The topological polar surface area (TPSA) is 64.8 Å². The minimum atomic E-state index is 0.423. The summed E-state index contributed by atoms with van der Waals surface area (Å²) >= 11 is 1.62. The summed E-state index contributed by atoms with van der Waals surface area (Å²) in [6.07, 6.45) is 0. The summed E-state index contributed by atoms with van der Waals surface area (Å²) in [6, 6.07) is 7.86. The van der Waals surface area contributed by atoms with E-state index >= 15 is 0 Å². The lowest BCUT2D eigenvalue weighted by Crippen LogP contribution is -2.44. The van der Waals surface area contributed by atoms with Crippen molar-refractivity contribution < 1.29 is 0 Å². The number of piperazine rings is 1. The molecule has 0 aromatic carbocycles. The van der Waals surface area contributed by atoms with Crippen LogP contribution in [0, 0.1) is 11.3 Å². The standard InChI is InChI=1S/C13H13N5S/c14-9-10-8-11(12-2-1-7-19-12)17-13(16-10)18-5-3-15-4-6-18/h1-2,7-8,15H,3-6H2. The lowest BCUT2D eigenvalue weighted by atomic mass is 10.3. The summed E-state index contributed by atoms with van der Waals surface area (Å²) < 4.78 is 0. The predicted octanol–water partition coefficient (Wildman–Crippen LogP) is 1.49. The molecule has 0 atom stereocenters. The van der Waals surface area contributed by atoms with Crippen molar-refractivity contribution in [3.63, 3.8) is 0 Å². The molecule has 2 aromatic rings. The van der Waals surface area contributed by atoms with Crippen LogP contribution in [-0.4, -0.2) is 36.1 Å². The maximum absolute atomic E-state index is 9.11. The number of nitriles is 1. The van der Waals surface area contributed by atoms with Crippen LogP contribution >= 0.6 is 11.3 Å². The van der Waals surface area contributed by atoms with Crippen LogP contribution in [0.3, 0.4) is 0 Å². The van der Waals surface area contributed by atoms with E-state index in [1.165, 1.54) is 0 Å². The molecule has 1 aliphatic rings. The number of aromatic nitrogens is 2. The first-order valence-corrected chi connectivity index (χ1v) is 7.03. The zero-order valence-corrected chi connectivity index (χ0v) is 11.2. The van der Waals surface area contributed by atoms with Gasteiger partial charge in [-0.3, -0.25) is 0 Å². The van der Waals surface area contributed by atoms with Crippen molar-refractivity contribution in [3.8, 4) is 16.6 Å². The number of nitrogens with one attached hydrogen (secondary N) is 1. The van der Waals surface area contributed by atoms with E-state index in [9.17, 15) is 0 Å². The van der Waals surface area contributed by atoms with Gasteiger partial charge in [-0.05, 0) is 11.4 Å². The number of hydrogen-bond acceptors (Lipinski definition) is 6. The number of nitrogens with zero attached hydrogens (tertiary/aromatic N) is 4. The molecule has 0 saturated carbocycles. The molecular formula is C13H13N5S. The van der Waals surface area contributed by atoms with Gasteiger partial charge in [0, 0.05) is 32.2 Å². The quantitative estimate of drug-likeness (QED) is 0.896. The summed E-state index contributed by atoms with van der Waals surface area (Å²) in [7, 11) is 0. The molecular weight excluding hydrogens is 258 g/mol. The summed E-state index contributed by atoms with van der Waals surface area (Å²) in [5, 5.41) is 14.4. The molecule has 0 aliphatic carbocycles. The fourth-order valence-electron chi connectivity index (χ4n) is 2.05. The Bertz CT molecular complexity index is 596. The van der Waals surface area contributed by atoms with Crippen LogP contribution in [0.25, 0.3) is 10.6 Å². The molecule has 0 unspecified atom stereocenters. The Balaban J connectivity index is 2.00. The maximum atomic E-state index is 9.11. The number of anilines is 1. The number of thiophene rings is 1. The van der Waals surface area contributed by atoms with Crippen LogP contribution in [0.4, 0.5) is 5.95 Å². The summed E-state index contributed by atoms with van der Waals surface area (Å²) in [4.78, 5) is 12.1. The minimum Gasteiger partial charge on any atom is -0.338 e. The number of hydrogen-bond donors (Lipinski definition) is 1. The van der Waals surface area contributed by atoms with Crippen molar-refractivity contribution in [2.45, 2.75) is 0 Å². The van der Waals surface area contributed by atoms with E-state index in [1.807, 2.05) is 17.5 Å². The molecule has 19 heavy (non-hydrogen) atoms. The molecule has 5 nitrogen and oxygen atoms in total. The van der Waals surface area contributed by atoms with Gasteiger partial charge in [0.2, 0.25) is 5.95 Å². The molecule has 96 valence electrons. The van der Waals surface area contributed by atoms with E-state index in [2.05, 4.69) is 26.3 Å². The molecule has 1 N–H and O–H groups in total. The van der Waals surface area contributed by atoms with Crippen LogP contribution in [0.5, 0.6) is 0 Å².